The number of anilines is 1. The highest BCUT2D eigenvalue weighted by Crippen LogP contribution is 2.16. The summed E-state index contributed by atoms with van der Waals surface area (Å²) in [4.78, 5) is 29.1. The third-order valence-corrected chi connectivity index (χ3v) is 3.74. The molecule has 128 valence electrons. The third-order valence-electron chi connectivity index (χ3n) is 3.74. The fourth-order valence-corrected chi connectivity index (χ4v) is 2.40. The largest absolute Gasteiger partial charge is 0.378 e. The normalized spacial score (nSPS) is 10.5. The van der Waals surface area contributed by atoms with Crippen molar-refractivity contribution < 1.29 is 14.0 Å². The lowest BCUT2D eigenvalue weighted by molar-refractivity contribution is 0.0844. The van der Waals surface area contributed by atoms with Crippen LogP contribution in [0.25, 0.3) is 10.9 Å². The number of carbonyl (C=O) groups excluding carboxylic acids is 2. The summed E-state index contributed by atoms with van der Waals surface area (Å²) in [7, 11) is 3.75. The summed E-state index contributed by atoms with van der Waals surface area (Å²) in [6.07, 6.45) is 0. The lowest BCUT2D eigenvalue weighted by atomic mass is 10.2. The summed E-state index contributed by atoms with van der Waals surface area (Å²) in [5, 5.41) is 0.579. The molecule has 0 aliphatic carbocycles. The summed E-state index contributed by atoms with van der Waals surface area (Å²) in [5.74, 6) is -1.33. The minimum absolute atomic E-state index is 0.225. The number of hydrazine groups is 1. The van der Waals surface area contributed by atoms with Crippen molar-refractivity contribution in [2.75, 3.05) is 19.0 Å². The van der Waals surface area contributed by atoms with Crippen LogP contribution in [0.2, 0.25) is 0 Å². The standard InChI is InChI=1S/C18H17FN4O2/c1-23(2)14-5-3-4-11(9-14)17(24)21-22-18(25)16-10-12-8-13(19)6-7-15(12)20-16/h3-10,20H,1-2H3,(H,21,24)(H,22,25). The van der Waals surface area contributed by atoms with Crippen molar-refractivity contribution >= 4 is 28.4 Å². The van der Waals surface area contributed by atoms with E-state index < -0.39 is 11.8 Å². The predicted octanol–water partition coefficient (Wildman–Crippen LogP) is 2.45. The zero-order chi connectivity index (χ0) is 18.0. The Morgan fingerprint density at radius 1 is 1.00 bits per heavy atom. The van der Waals surface area contributed by atoms with E-state index in [9.17, 15) is 14.0 Å². The molecule has 2 amide bonds. The van der Waals surface area contributed by atoms with Gasteiger partial charge in [0.2, 0.25) is 0 Å². The van der Waals surface area contributed by atoms with Gasteiger partial charge in [-0.1, -0.05) is 6.07 Å². The number of fused-ring (bicyclic) bond motifs is 1. The maximum absolute atomic E-state index is 13.2. The second-order valence-corrected chi connectivity index (χ2v) is 5.77. The fourth-order valence-electron chi connectivity index (χ4n) is 2.40. The number of H-pyrrole nitrogens is 1. The highest BCUT2D eigenvalue weighted by atomic mass is 19.1. The van der Waals surface area contributed by atoms with Gasteiger partial charge in [-0.05, 0) is 42.5 Å². The van der Waals surface area contributed by atoms with Gasteiger partial charge >= 0.3 is 0 Å². The number of aromatic nitrogens is 1. The molecule has 7 heteroatoms. The summed E-state index contributed by atoms with van der Waals surface area (Å²) >= 11 is 0. The summed E-state index contributed by atoms with van der Waals surface area (Å²) in [5.41, 5.74) is 6.87. The Balaban J connectivity index is 1.68. The molecule has 2 aromatic carbocycles. The summed E-state index contributed by atoms with van der Waals surface area (Å²) in [6, 6.07) is 12.7. The number of rotatable bonds is 3. The van der Waals surface area contributed by atoms with E-state index in [0.717, 1.165) is 5.69 Å². The van der Waals surface area contributed by atoms with Crippen molar-refractivity contribution in [1.82, 2.24) is 15.8 Å². The molecule has 6 nitrogen and oxygen atoms in total. The van der Waals surface area contributed by atoms with Gasteiger partial charge in [-0.25, -0.2) is 4.39 Å². The van der Waals surface area contributed by atoms with Gasteiger partial charge in [0.1, 0.15) is 11.5 Å². The molecule has 0 aliphatic heterocycles. The second-order valence-electron chi connectivity index (χ2n) is 5.77. The van der Waals surface area contributed by atoms with Crippen molar-refractivity contribution in [1.29, 1.82) is 0 Å². The van der Waals surface area contributed by atoms with Crippen LogP contribution in [0.4, 0.5) is 10.1 Å². The van der Waals surface area contributed by atoms with Crippen LogP contribution in [0, 0.1) is 5.82 Å². The second kappa shape index (κ2) is 6.64. The molecule has 3 rings (SSSR count). The molecule has 0 saturated carbocycles. The number of amides is 2. The molecule has 0 unspecified atom stereocenters. The quantitative estimate of drug-likeness (QED) is 0.641. The van der Waals surface area contributed by atoms with Crippen LogP contribution >= 0.6 is 0 Å². The highest BCUT2D eigenvalue weighted by molar-refractivity contribution is 6.01. The molecular formula is C18H17FN4O2. The first-order valence-electron chi connectivity index (χ1n) is 7.60. The fraction of sp³-hybridized carbons (Fsp3) is 0.111. The minimum atomic E-state index is -0.520. The van der Waals surface area contributed by atoms with E-state index in [1.165, 1.54) is 18.2 Å². The van der Waals surface area contributed by atoms with E-state index in [-0.39, 0.29) is 11.5 Å². The number of carbonyl (C=O) groups is 2. The molecule has 0 spiro atoms. The highest BCUT2D eigenvalue weighted by Gasteiger charge is 2.12. The monoisotopic (exact) mass is 340 g/mol. The molecule has 0 bridgehead atoms. The van der Waals surface area contributed by atoms with E-state index in [4.69, 9.17) is 0 Å². The maximum Gasteiger partial charge on any atom is 0.286 e. The van der Waals surface area contributed by atoms with Crippen LogP contribution < -0.4 is 15.8 Å². The Kier molecular flexibility index (Phi) is 4.38. The van der Waals surface area contributed by atoms with E-state index in [2.05, 4.69) is 15.8 Å². The van der Waals surface area contributed by atoms with Gasteiger partial charge in [-0.2, -0.15) is 0 Å². The number of halogens is 1. The van der Waals surface area contributed by atoms with Gasteiger partial charge in [0.15, 0.2) is 0 Å². The molecule has 0 fully saturated rings. The Bertz CT molecular complexity index is 949. The van der Waals surface area contributed by atoms with Crippen LogP contribution in [0.5, 0.6) is 0 Å². The van der Waals surface area contributed by atoms with E-state index in [0.29, 0.717) is 16.5 Å². The number of benzene rings is 2. The number of nitrogens with one attached hydrogen (secondary N) is 3. The molecule has 1 heterocycles. The van der Waals surface area contributed by atoms with Crippen molar-refractivity contribution in [2.24, 2.45) is 0 Å². The van der Waals surface area contributed by atoms with E-state index in [1.54, 1.807) is 24.3 Å². The molecule has 0 radical (unpaired) electrons. The molecular weight excluding hydrogens is 323 g/mol. The molecule has 0 atom stereocenters. The van der Waals surface area contributed by atoms with Crippen molar-refractivity contribution in [2.45, 2.75) is 0 Å². The number of nitrogens with zero attached hydrogens (tertiary/aromatic N) is 1. The molecule has 0 aliphatic rings. The van der Waals surface area contributed by atoms with E-state index >= 15 is 0 Å². The Morgan fingerprint density at radius 2 is 1.76 bits per heavy atom. The van der Waals surface area contributed by atoms with E-state index in [1.807, 2.05) is 25.1 Å². The van der Waals surface area contributed by atoms with Crippen LogP contribution in [0.1, 0.15) is 20.8 Å². The zero-order valence-electron chi connectivity index (χ0n) is 13.8. The van der Waals surface area contributed by atoms with Crippen LogP contribution in [-0.4, -0.2) is 30.9 Å². The average molecular weight is 340 g/mol. The lowest BCUT2D eigenvalue weighted by Gasteiger charge is -2.13. The Hall–Kier alpha value is -3.35. The first-order chi connectivity index (χ1) is 11.9. The molecule has 25 heavy (non-hydrogen) atoms. The van der Waals surface area contributed by atoms with Crippen LogP contribution in [0.15, 0.2) is 48.5 Å². The Morgan fingerprint density at radius 3 is 2.52 bits per heavy atom. The van der Waals surface area contributed by atoms with Gasteiger partial charge in [0, 0.05) is 36.2 Å². The molecule has 1 aromatic heterocycles. The lowest BCUT2D eigenvalue weighted by Crippen LogP contribution is -2.41. The van der Waals surface area contributed by atoms with Gasteiger partial charge in [-0.15, -0.1) is 0 Å². The minimum Gasteiger partial charge on any atom is -0.378 e. The molecule has 3 aromatic rings. The van der Waals surface area contributed by atoms with Gasteiger partial charge in [-0.3, -0.25) is 20.4 Å². The predicted molar refractivity (Wildman–Crippen MR) is 94.0 cm³/mol. The molecule has 0 saturated heterocycles. The smallest absolute Gasteiger partial charge is 0.286 e. The number of hydrogen-bond acceptors (Lipinski definition) is 3. The maximum atomic E-state index is 13.2. The van der Waals surface area contributed by atoms with Gasteiger partial charge < -0.3 is 9.88 Å². The average Bonchev–Trinajstić information content (AvgIpc) is 3.02. The van der Waals surface area contributed by atoms with Crippen molar-refractivity contribution in [3.8, 4) is 0 Å². The van der Waals surface area contributed by atoms with Gasteiger partial charge in [0.05, 0.1) is 0 Å². The molecule has 3 N–H and O–H groups in total. The first-order valence-corrected chi connectivity index (χ1v) is 7.60. The summed E-state index contributed by atoms with van der Waals surface area (Å²) < 4.78 is 13.2. The number of aromatic amines is 1. The SMILES string of the molecule is CN(C)c1cccc(C(=O)NNC(=O)c2cc3cc(F)ccc3[nH]2)c1. The van der Waals surface area contributed by atoms with Crippen LogP contribution in [0.3, 0.4) is 0 Å². The van der Waals surface area contributed by atoms with Crippen molar-refractivity contribution in [3.05, 3.63) is 65.6 Å². The first kappa shape index (κ1) is 16.5. The Labute approximate surface area is 143 Å². The summed E-state index contributed by atoms with van der Waals surface area (Å²) in [6.45, 7) is 0. The van der Waals surface area contributed by atoms with Crippen LogP contribution in [-0.2, 0) is 0 Å². The van der Waals surface area contributed by atoms with Crippen molar-refractivity contribution in [3.63, 3.8) is 0 Å². The third kappa shape index (κ3) is 3.60. The van der Waals surface area contributed by atoms with Gasteiger partial charge in [0.25, 0.3) is 11.8 Å². The zero-order valence-corrected chi connectivity index (χ0v) is 13.8. The number of hydrogen-bond donors (Lipinski definition) is 3. The topological polar surface area (TPSA) is 77.2 Å².